The fourth-order valence-electron chi connectivity index (χ4n) is 3.17. The van der Waals surface area contributed by atoms with Crippen LogP contribution in [0.15, 0.2) is 48.6 Å². The van der Waals surface area contributed by atoms with E-state index < -0.39 is 0 Å². The maximum Gasteiger partial charge on any atom is 0.309 e. The van der Waals surface area contributed by atoms with Crippen LogP contribution >= 0.6 is 37.2 Å². The van der Waals surface area contributed by atoms with E-state index in [1.165, 1.54) is 26.4 Å². The highest BCUT2D eigenvalue weighted by atomic mass is 128. The molecule has 0 radical (unpaired) electrons. The first-order valence-corrected chi connectivity index (χ1v) is 19.2. The number of methoxy groups -OCH3 is 2. The van der Waals surface area contributed by atoms with E-state index in [0.717, 1.165) is 24.0 Å². The molecular formula is C30H42I2O8. The lowest BCUT2D eigenvalue weighted by Crippen LogP contribution is -2.05. The zero-order valence-electron chi connectivity index (χ0n) is 24.1. The van der Waals surface area contributed by atoms with Crippen molar-refractivity contribution >= 4 is 49.2 Å². The summed E-state index contributed by atoms with van der Waals surface area (Å²) in [5.41, 5.74) is 1.57. The Kier molecular flexibility index (Phi) is 21.2. The van der Waals surface area contributed by atoms with E-state index in [4.69, 9.17) is 18.9 Å². The summed E-state index contributed by atoms with van der Waals surface area (Å²) < 4.78 is 20.3. The molecule has 224 valence electrons. The molecule has 0 aliphatic carbocycles. The van der Waals surface area contributed by atoms with Crippen LogP contribution in [-0.4, -0.2) is 36.4 Å². The normalized spacial score (nSPS) is 10.3. The molecular weight excluding hydrogens is 742 g/mol. The Morgan fingerprint density at radius 3 is 1.73 bits per heavy atom. The van der Waals surface area contributed by atoms with Crippen molar-refractivity contribution in [2.75, 3.05) is 14.2 Å². The molecule has 0 amide bonds. The second kappa shape index (κ2) is 22.5. The van der Waals surface area contributed by atoms with E-state index in [1.54, 1.807) is 24.3 Å². The van der Waals surface area contributed by atoms with Crippen LogP contribution in [0.2, 0.25) is 0 Å². The third-order valence-corrected chi connectivity index (χ3v) is 5.26. The minimum Gasteiger partial charge on any atom is -0.504 e. The van der Waals surface area contributed by atoms with Crippen LogP contribution in [0.5, 0.6) is 23.0 Å². The summed E-state index contributed by atoms with van der Waals surface area (Å²) in [6, 6.07) is 9.75. The summed E-state index contributed by atoms with van der Waals surface area (Å²) in [7, 11) is 2.96. The second-order valence-electron chi connectivity index (χ2n) is 9.50. The van der Waals surface area contributed by atoms with Crippen molar-refractivity contribution in [1.82, 2.24) is 0 Å². The Hall–Kier alpha value is -2.22. The highest BCUT2D eigenvalue weighted by Gasteiger charge is 2.07. The van der Waals surface area contributed by atoms with Gasteiger partial charge in [0.2, 0.25) is 0 Å². The summed E-state index contributed by atoms with van der Waals surface area (Å²) >= 11 is 4.24. The number of ether oxygens (including phenoxy) is 4. The molecule has 0 atom stereocenters. The van der Waals surface area contributed by atoms with E-state index in [9.17, 15) is 19.8 Å². The van der Waals surface area contributed by atoms with Gasteiger partial charge >= 0.3 is 11.9 Å². The molecule has 0 aliphatic rings. The van der Waals surface area contributed by atoms with Crippen molar-refractivity contribution in [3.8, 4) is 23.0 Å². The number of rotatable bonds is 13. The predicted octanol–water partition coefficient (Wildman–Crippen LogP) is 8.09. The third-order valence-electron chi connectivity index (χ3n) is 5.26. The standard InChI is InChI=1S/C15H22O4.C15H20O4.I2/c2*1-11(2)5-4-6-15(17)19-10-12-7-8-13(16)14(9-12)18-3;1-2/h7-9,11,16H,4-6,10H2,1-3H3;4-5,7-9,11,16H,6,10H2,1-3H3;/b;5-4+;. The molecule has 2 aromatic rings. The first kappa shape index (κ1) is 37.8. The number of aromatic hydroxyl groups is 2. The zero-order chi connectivity index (χ0) is 30.5. The first-order chi connectivity index (χ1) is 19.0. The summed E-state index contributed by atoms with van der Waals surface area (Å²) in [6.07, 6.45) is 6.38. The first-order valence-electron chi connectivity index (χ1n) is 12.9. The largest absolute Gasteiger partial charge is 0.504 e. The fourth-order valence-corrected chi connectivity index (χ4v) is 3.17. The fraction of sp³-hybridized carbons (Fsp3) is 0.467. The predicted molar refractivity (Wildman–Crippen MR) is 174 cm³/mol. The third kappa shape index (κ3) is 17.5. The second-order valence-corrected chi connectivity index (χ2v) is 9.50. The van der Waals surface area contributed by atoms with Crippen LogP contribution in [0.25, 0.3) is 0 Å². The molecule has 40 heavy (non-hydrogen) atoms. The molecule has 0 bridgehead atoms. The molecule has 0 aromatic heterocycles. The van der Waals surface area contributed by atoms with Gasteiger partial charge in [-0.15, -0.1) is 0 Å². The Balaban J connectivity index is 0.000000716. The van der Waals surface area contributed by atoms with Gasteiger partial charge in [-0.2, -0.15) is 0 Å². The maximum atomic E-state index is 11.5. The number of carbonyl (C=O) groups excluding carboxylic acids is 2. The van der Waals surface area contributed by atoms with Crippen molar-refractivity contribution in [2.45, 2.75) is 66.6 Å². The number of halogens is 2. The minimum absolute atomic E-state index is 0.0671. The van der Waals surface area contributed by atoms with Crippen LogP contribution in [0.4, 0.5) is 0 Å². The quantitative estimate of drug-likeness (QED) is 0.119. The van der Waals surface area contributed by atoms with Crippen molar-refractivity contribution in [1.29, 1.82) is 0 Å². The summed E-state index contributed by atoms with van der Waals surface area (Å²) in [6.45, 7) is 8.74. The maximum absolute atomic E-state index is 11.5. The topological polar surface area (TPSA) is 112 Å². The molecule has 0 saturated carbocycles. The van der Waals surface area contributed by atoms with Gasteiger partial charge in [-0.1, -0.05) is 58.4 Å². The molecule has 2 N–H and O–H groups in total. The Morgan fingerprint density at radius 1 is 0.825 bits per heavy atom. The summed E-state index contributed by atoms with van der Waals surface area (Å²) in [4.78, 5) is 23.0. The van der Waals surface area contributed by atoms with Gasteiger partial charge < -0.3 is 29.2 Å². The van der Waals surface area contributed by atoms with Gasteiger partial charge in [0.1, 0.15) is 13.2 Å². The van der Waals surface area contributed by atoms with Gasteiger partial charge in [0.05, 0.1) is 20.6 Å². The molecule has 10 heteroatoms. The zero-order valence-corrected chi connectivity index (χ0v) is 28.4. The van der Waals surface area contributed by atoms with Gasteiger partial charge in [-0.25, -0.2) is 0 Å². The van der Waals surface area contributed by atoms with E-state index in [1.807, 2.05) is 26.0 Å². The Morgan fingerprint density at radius 2 is 1.30 bits per heavy atom. The average Bonchev–Trinajstić information content (AvgIpc) is 2.93. The van der Waals surface area contributed by atoms with Gasteiger partial charge in [0.15, 0.2) is 23.0 Å². The van der Waals surface area contributed by atoms with Crippen LogP contribution in [-0.2, 0) is 32.3 Å². The van der Waals surface area contributed by atoms with Crippen molar-refractivity contribution in [2.24, 2.45) is 11.8 Å². The number of hydrogen-bond donors (Lipinski definition) is 2. The van der Waals surface area contributed by atoms with Crippen LogP contribution in [0, 0.1) is 11.8 Å². The van der Waals surface area contributed by atoms with E-state index in [2.05, 4.69) is 51.1 Å². The Bertz CT molecular complexity index is 1040. The van der Waals surface area contributed by atoms with Crippen LogP contribution in [0.1, 0.15) is 64.5 Å². The minimum atomic E-state index is -0.274. The van der Waals surface area contributed by atoms with Gasteiger partial charge in [-0.05, 0) is 53.6 Å². The van der Waals surface area contributed by atoms with Crippen LogP contribution < -0.4 is 9.47 Å². The van der Waals surface area contributed by atoms with E-state index in [-0.39, 0.29) is 43.1 Å². The highest BCUT2D eigenvalue weighted by molar-refractivity contribution is 15.0. The molecule has 2 rings (SSSR count). The van der Waals surface area contributed by atoms with Crippen molar-refractivity contribution in [3.05, 3.63) is 59.7 Å². The number of benzene rings is 2. The SMILES string of the molecule is COc1cc(COC(=O)C/C=C/C(C)C)ccc1O.COc1cc(COC(=O)CCCC(C)C)ccc1O.II. The summed E-state index contributed by atoms with van der Waals surface area (Å²) in [5.74, 6) is 1.47. The van der Waals surface area contributed by atoms with Crippen molar-refractivity contribution in [3.63, 3.8) is 0 Å². The molecule has 0 saturated heterocycles. The number of phenols is 2. The smallest absolute Gasteiger partial charge is 0.309 e. The lowest BCUT2D eigenvalue weighted by atomic mass is 10.1. The average molecular weight is 784 g/mol. The number of phenolic OH excluding ortho intramolecular Hbond substituents is 2. The molecule has 0 spiro atoms. The van der Waals surface area contributed by atoms with Crippen LogP contribution in [0.3, 0.4) is 0 Å². The van der Waals surface area contributed by atoms with Crippen molar-refractivity contribution < 1.29 is 38.7 Å². The van der Waals surface area contributed by atoms with Gasteiger partial charge in [0.25, 0.3) is 0 Å². The molecule has 0 aliphatic heterocycles. The lowest BCUT2D eigenvalue weighted by molar-refractivity contribution is -0.145. The number of allylic oxidation sites excluding steroid dienone is 1. The number of hydrogen-bond acceptors (Lipinski definition) is 8. The monoisotopic (exact) mass is 784 g/mol. The van der Waals surface area contributed by atoms with Gasteiger partial charge in [-0.3, -0.25) is 9.59 Å². The van der Waals surface area contributed by atoms with E-state index in [0.29, 0.717) is 29.8 Å². The lowest BCUT2D eigenvalue weighted by Gasteiger charge is -2.08. The van der Waals surface area contributed by atoms with Gasteiger partial charge in [0, 0.05) is 43.7 Å². The highest BCUT2D eigenvalue weighted by Crippen LogP contribution is 2.27. The molecule has 2 aromatic carbocycles. The number of carbonyl (C=O) groups is 2. The summed E-state index contributed by atoms with van der Waals surface area (Å²) in [5, 5.41) is 18.9. The molecule has 8 nitrogen and oxygen atoms in total. The molecule has 0 unspecified atom stereocenters. The molecule has 0 fully saturated rings. The van der Waals surface area contributed by atoms with E-state index >= 15 is 0 Å². The number of esters is 2. The Labute approximate surface area is 261 Å². The molecule has 0 heterocycles.